The van der Waals surface area contributed by atoms with Crippen LogP contribution in [0.15, 0.2) is 0 Å². The lowest BCUT2D eigenvalue weighted by molar-refractivity contribution is -0.125. The van der Waals surface area contributed by atoms with Crippen LogP contribution in [0.1, 0.15) is 32.1 Å². The fourth-order valence-corrected chi connectivity index (χ4v) is 5.44. The van der Waals surface area contributed by atoms with Crippen molar-refractivity contribution in [1.29, 1.82) is 0 Å². The fourth-order valence-electron chi connectivity index (χ4n) is 3.60. The molecule has 124 valence electrons. The van der Waals surface area contributed by atoms with Gasteiger partial charge in [-0.3, -0.25) is 9.69 Å². The number of ether oxygens (including phenoxy) is 1. The van der Waals surface area contributed by atoms with E-state index in [0.717, 1.165) is 25.7 Å². The normalized spacial score (nSPS) is 30.9. The molecule has 3 aliphatic rings. The van der Waals surface area contributed by atoms with Gasteiger partial charge in [-0.2, -0.15) is 0 Å². The Bertz CT molecular complexity index is 556. The van der Waals surface area contributed by atoms with Gasteiger partial charge in [0, 0.05) is 19.0 Å². The number of carbonyl (C=O) groups is 2. The summed E-state index contributed by atoms with van der Waals surface area (Å²) < 4.78 is 28.3. The summed E-state index contributed by atoms with van der Waals surface area (Å²) in [4.78, 5) is 25.3. The van der Waals surface area contributed by atoms with E-state index >= 15 is 0 Å². The van der Waals surface area contributed by atoms with Crippen LogP contribution in [-0.2, 0) is 19.4 Å². The number of hydrogen-bond acceptors (Lipinski definition) is 5. The van der Waals surface area contributed by atoms with Crippen LogP contribution in [0.3, 0.4) is 0 Å². The van der Waals surface area contributed by atoms with Crippen LogP contribution >= 0.6 is 0 Å². The maximum absolute atomic E-state index is 12.0. The molecule has 0 radical (unpaired) electrons. The first kappa shape index (κ1) is 15.6. The van der Waals surface area contributed by atoms with Crippen molar-refractivity contribution in [2.45, 2.75) is 44.2 Å². The summed E-state index contributed by atoms with van der Waals surface area (Å²) in [5.41, 5.74) is 0. The second-order valence-electron chi connectivity index (χ2n) is 6.39. The molecule has 22 heavy (non-hydrogen) atoms. The minimum atomic E-state index is -3.13. The molecule has 7 nitrogen and oxygen atoms in total. The van der Waals surface area contributed by atoms with E-state index in [1.165, 1.54) is 11.3 Å². The average Bonchev–Trinajstić information content (AvgIpc) is 2.92. The maximum atomic E-state index is 12.0. The summed E-state index contributed by atoms with van der Waals surface area (Å²) in [5, 5.41) is 2.86. The Morgan fingerprint density at radius 1 is 1.23 bits per heavy atom. The number of nitrogens with one attached hydrogen (secondary N) is 1. The van der Waals surface area contributed by atoms with Crippen LogP contribution in [0.5, 0.6) is 0 Å². The van der Waals surface area contributed by atoms with Crippen molar-refractivity contribution in [2.24, 2.45) is 5.92 Å². The number of fused-ring (bicyclic) bond motifs is 1. The van der Waals surface area contributed by atoms with Crippen molar-refractivity contribution in [3.05, 3.63) is 0 Å². The molecule has 8 heteroatoms. The highest BCUT2D eigenvalue weighted by Crippen LogP contribution is 2.28. The number of nitrogens with zero attached hydrogens (tertiary/aromatic N) is 1. The van der Waals surface area contributed by atoms with Crippen molar-refractivity contribution in [3.63, 3.8) is 0 Å². The summed E-state index contributed by atoms with van der Waals surface area (Å²) in [6.45, 7) is 0.641. The maximum Gasteiger partial charge on any atom is 0.410 e. The molecule has 0 aromatic heterocycles. The SMILES string of the molecule is O=C(NCCN1C(=O)O[C@H]2CS(=O)(=O)C[C@H]21)C1CCCCC1. The zero-order valence-corrected chi connectivity index (χ0v) is 13.3. The zero-order valence-electron chi connectivity index (χ0n) is 12.5. The van der Waals surface area contributed by atoms with Gasteiger partial charge < -0.3 is 10.1 Å². The molecule has 2 aliphatic heterocycles. The van der Waals surface area contributed by atoms with Crippen molar-refractivity contribution in [1.82, 2.24) is 10.2 Å². The minimum absolute atomic E-state index is 0.0417. The lowest BCUT2D eigenvalue weighted by Crippen LogP contribution is -2.43. The monoisotopic (exact) mass is 330 g/mol. The Morgan fingerprint density at radius 2 is 1.95 bits per heavy atom. The summed E-state index contributed by atoms with van der Waals surface area (Å²) in [5.74, 6) is -0.00402. The van der Waals surface area contributed by atoms with E-state index < -0.39 is 28.1 Å². The van der Waals surface area contributed by atoms with E-state index in [2.05, 4.69) is 5.32 Å². The van der Waals surface area contributed by atoms with E-state index in [9.17, 15) is 18.0 Å². The van der Waals surface area contributed by atoms with Gasteiger partial charge in [-0.05, 0) is 12.8 Å². The van der Waals surface area contributed by atoms with E-state index in [4.69, 9.17) is 4.74 Å². The Balaban J connectivity index is 1.48. The lowest BCUT2D eigenvalue weighted by Gasteiger charge is -2.23. The largest absolute Gasteiger partial charge is 0.443 e. The zero-order chi connectivity index (χ0) is 15.7. The molecule has 2 heterocycles. The summed E-state index contributed by atoms with van der Waals surface area (Å²) >= 11 is 0. The van der Waals surface area contributed by atoms with E-state index in [0.29, 0.717) is 13.1 Å². The van der Waals surface area contributed by atoms with Crippen molar-refractivity contribution in [2.75, 3.05) is 24.6 Å². The highest BCUT2D eigenvalue weighted by atomic mass is 32.2. The van der Waals surface area contributed by atoms with Gasteiger partial charge in [-0.1, -0.05) is 19.3 Å². The van der Waals surface area contributed by atoms with Crippen LogP contribution < -0.4 is 5.32 Å². The molecule has 2 amide bonds. The molecule has 0 spiro atoms. The van der Waals surface area contributed by atoms with Crippen molar-refractivity contribution >= 4 is 21.8 Å². The Kier molecular flexibility index (Phi) is 4.29. The van der Waals surface area contributed by atoms with Crippen molar-refractivity contribution in [3.8, 4) is 0 Å². The van der Waals surface area contributed by atoms with Gasteiger partial charge >= 0.3 is 6.09 Å². The van der Waals surface area contributed by atoms with E-state index in [-0.39, 0.29) is 23.3 Å². The fraction of sp³-hybridized carbons (Fsp3) is 0.857. The van der Waals surface area contributed by atoms with Crippen LogP contribution in [0.4, 0.5) is 4.79 Å². The molecule has 0 unspecified atom stereocenters. The third kappa shape index (κ3) is 3.21. The quantitative estimate of drug-likeness (QED) is 0.800. The summed E-state index contributed by atoms with van der Waals surface area (Å²) in [6.07, 6.45) is 4.22. The Hall–Kier alpha value is -1.31. The molecule has 1 aliphatic carbocycles. The molecule has 0 aromatic carbocycles. The summed E-state index contributed by atoms with van der Waals surface area (Å²) in [6, 6.07) is -0.399. The molecule has 0 bridgehead atoms. The first-order chi connectivity index (χ1) is 10.5. The number of sulfone groups is 1. The van der Waals surface area contributed by atoms with Crippen LogP contribution in [0, 0.1) is 5.92 Å². The van der Waals surface area contributed by atoms with Gasteiger partial charge in [-0.15, -0.1) is 0 Å². The molecule has 1 N–H and O–H groups in total. The molecule has 2 saturated heterocycles. The molecule has 3 rings (SSSR count). The third-order valence-corrected chi connectivity index (χ3v) is 6.47. The highest BCUT2D eigenvalue weighted by molar-refractivity contribution is 7.91. The minimum Gasteiger partial charge on any atom is -0.443 e. The molecule has 3 fully saturated rings. The molecule has 0 aromatic rings. The van der Waals surface area contributed by atoms with Crippen LogP contribution in [0.25, 0.3) is 0 Å². The van der Waals surface area contributed by atoms with Gasteiger partial charge in [0.15, 0.2) is 9.84 Å². The number of hydrogen-bond donors (Lipinski definition) is 1. The molecule has 1 saturated carbocycles. The first-order valence-electron chi connectivity index (χ1n) is 7.92. The van der Waals surface area contributed by atoms with Crippen LogP contribution in [0.2, 0.25) is 0 Å². The van der Waals surface area contributed by atoms with Crippen LogP contribution in [-0.4, -0.2) is 62.1 Å². The lowest BCUT2D eigenvalue weighted by atomic mass is 9.89. The van der Waals surface area contributed by atoms with E-state index in [1.807, 2.05) is 0 Å². The van der Waals surface area contributed by atoms with Gasteiger partial charge in [-0.25, -0.2) is 13.2 Å². The second kappa shape index (κ2) is 6.06. The van der Waals surface area contributed by atoms with Gasteiger partial charge in [0.1, 0.15) is 6.10 Å². The predicted octanol–water partition coefficient (Wildman–Crippen LogP) is 0.301. The number of rotatable bonds is 4. The molecular weight excluding hydrogens is 308 g/mol. The van der Waals surface area contributed by atoms with E-state index in [1.54, 1.807) is 0 Å². The third-order valence-electron chi connectivity index (χ3n) is 4.79. The molecular formula is C14H22N2O5S. The van der Waals surface area contributed by atoms with Gasteiger partial charge in [0.25, 0.3) is 0 Å². The average molecular weight is 330 g/mol. The topological polar surface area (TPSA) is 92.8 Å². The summed E-state index contributed by atoms with van der Waals surface area (Å²) in [7, 11) is -3.13. The Labute approximate surface area is 130 Å². The molecule has 2 atom stereocenters. The van der Waals surface area contributed by atoms with Gasteiger partial charge in [0.05, 0.1) is 17.5 Å². The first-order valence-corrected chi connectivity index (χ1v) is 9.74. The second-order valence-corrected chi connectivity index (χ2v) is 8.54. The standard InChI is InChI=1S/C14H22N2O5S/c17-13(10-4-2-1-3-5-10)15-6-7-16-11-8-22(19,20)9-12(11)21-14(16)18/h10-12H,1-9H2,(H,15,17)/t11-,12+/m1/s1. The Morgan fingerprint density at radius 3 is 2.68 bits per heavy atom. The smallest absolute Gasteiger partial charge is 0.410 e. The highest BCUT2D eigenvalue weighted by Gasteiger charge is 2.50. The number of amides is 2. The van der Waals surface area contributed by atoms with Gasteiger partial charge in [0.2, 0.25) is 5.91 Å². The van der Waals surface area contributed by atoms with Crippen molar-refractivity contribution < 1.29 is 22.7 Å². The number of carbonyl (C=O) groups excluding carboxylic acids is 2. The predicted molar refractivity (Wildman–Crippen MR) is 79.0 cm³/mol.